The molecule has 0 bridgehead atoms. The number of sulfonamides is 1. The summed E-state index contributed by atoms with van der Waals surface area (Å²) in [6.45, 7) is 3.40. The summed E-state index contributed by atoms with van der Waals surface area (Å²) in [6, 6.07) is 23.7. The maximum absolute atomic E-state index is 13.7. The lowest BCUT2D eigenvalue weighted by molar-refractivity contribution is -0.104. The second-order valence-electron chi connectivity index (χ2n) is 8.87. The molecule has 2 heterocycles. The molecule has 3 aromatic carbocycles. The zero-order valence-corrected chi connectivity index (χ0v) is 24.2. The fourth-order valence-corrected chi connectivity index (χ4v) is 7.03. The molecule has 4 aromatic rings. The molecule has 12 heteroatoms. The van der Waals surface area contributed by atoms with Gasteiger partial charge in [-0.15, -0.1) is 0 Å². The van der Waals surface area contributed by atoms with Crippen molar-refractivity contribution in [2.75, 3.05) is 9.73 Å². The zero-order valence-electron chi connectivity index (χ0n) is 21.8. The van der Waals surface area contributed by atoms with Crippen molar-refractivity contribution in [3.63, 3.8) is 0 Å². The van der Waals surface area contributed by atoms with E-state index in [0.717, 1.165) is 28.7 Å². The summed E-state index contributed by atoms with van der Waals surface area (Å²) >= 11 is 1.74. The molecule has 0 amide bonds. The van der Waals surface area contributed by atoms with Gasteiger partial charge in [-0.1, -0.05) is 77.6 Å². The van der Waals surface area contributed by atoms with Gasteiger partial charge in [-0.25, -0.2) is 18.4 Å². The first-order chi connectivity index (χ1) is 19.7. The minimum atomic E-state index is -3.95. The quantitative estimate of drug-likeness (QED) is 0.0862. The third-order valence-corrected chi connectivity index (χ3v) is 9.56. The van der Waals surface area contributed by atoms with E-state index in [-0.39, 0.29) is 42.0 Å². The Balaban J connectivity index is 1.50. The van der Waals surface area contributed by atoms with E-state index in [1.54, 1.807) is 73.7 Å². The van der Waals surface area contributed by atoms with E-state index in [9.17, 15) is 22.8 Å². The smallest absolute Gasteiger partial charge is 0.263 e. The molecule has 0 radical (unpaired) electrons. The number of carbonyl (C=O) groups excluding carboxylic acids is 3. The predicted octanol–water partition coefficient (Wildman–Crippen LogP) is 5.60. The van der Waals surface area contributed by atoms with Crippen molar-refractivity contribution in [1.82, 2.24) is 4.98 Å². The van der Waals surface area contributed by atoms with Crippen LogP contribution in [0.5, 0.6) is 0 Å². The van der Waals surface area contributed by atoms with Gasteiger partial charge in [0.1, 0.15) is 9.91 Å². The third kappa shape index (κ3) is 5.89. The Kier molecular flexibility index (Phi) is 7.97. The van der Waals surface area contributed by atoms with E-state index >= 15 is 0 Å². The number of hydrazone groups is 1. The summed E-state index contributed by atoms with van der Waals surface area (Å²) in [7, 11) is -3.95. The van der Waals surface area contributed by atoms with Crippen molar-refractivity contribution in [1.29, 1.82) is 0 Å². The molecule has 1 N–H and O–H groups in total. The molecule has 0 saturated heterocycles. The maximum atomic E-state index is 13.7. The fraction of sp³-hybridized carbons (Fsp3) is 0.0690. The standard InChI is InChI=1S/C29H22N4O5S3/c1-18-13-15-22(16-14-18)41(37,38)32-29-30-19(2)26(39-29)25(36)23(17-34)28-33(21-11-7-4-8-12-21)31-27(40-28)24(35)20-9-5-3-6-10-20/h3-17H,1-2H3,(H,30,32)/b28-23+. The number of aryl methyl sites for hydroxylation is 2. The minimum Gasteiger partial charge on any atom is -0.298 e. The first-order valence-electron chi connectivity index (χ1n) is 12.2. The van der Waals surface area contributed by atoms with Crippen molar-refractivity contribution in [2.24, 2.45) is 5.10 Å². The minimum absolute atomic E-state index is 0.0168. The lowest BCUT2D eigenvalue weighted by atomic mass is 10.1. The molecule has 206 valence electrons. The fourth-order valence-electron chi connectivity index (χ4n) is 3.87. The molecule has 0 unspecified atom stereocenters. The molecular weight excluding hydrogens is 581 g/mol. The number of aromatic nitrogens is 1. The van der Waals surface area contributed by atoms with E-state index in [2.05, 4.69) is 14.8 Å². The summed E-state index contributed by atoms with van der Waals surface area (Å²) in [5.41, 5.74) is 1.88. The first kappa shape index (κ1) is 28.1. The van der Waals surface area contributed by atoms with Gasteiger partial charge in [-0.3, -0.25) is 19.1 Å². The van der Waals surface area contributed by atoms with Gasteiger partial charge in [0.25, 0.3) is 10.0 Å². The van der Waals surface area contributed by atoms with E-state index in [0.29, 0.717) is 17.5 Å². The number of rotatable bonds is 9. The highest BCUT2D eigenvalue weighted by atomic mass is 32.2. The summed E-state index contributed by atoms with van der Waals surface area (Å²) in [4.78, 5) is 43.7. The van der Waals surface area contributed by atoms with Crippen LogP contribution in [0.25, 0.3) is 0 Å². The number of para-hydroxylation sites is 1. The van der Waals surface area contributed by atoms with Gasteiger partial charge >= 0.3 is 0 Å². The van der Waals surface area contributed by atoms with E-state index in [4.69, 9.17) is 0 Å². The molecule has 0 fully saturated rings. The molecule has 9 nitrogen and oxygen atoms in total. The molecule has 1 aliphatic heterocycles. The number of allylic oxidation sites excluding steroid dienone is 1. The Morgan fingerprint density at radius 3 is 2.17 bits per heavy atom. The van der Waals surface area contributed by atoms with Crippen LogP contribution in [0.3, 0.4) is 0 Å². The first-order valence-corrected chi connectivity index (χ1v) is 15.3. The highest BCUT2D eigenvalue weighted by Gasteiger charge is 2.34. The average Bonchev–Trinajstić information content (AvgIpc) is 3.57. The molecule has 0 spiro atoms. The summed E-state index contributed by atoms with van der Waals surface area (Å²) < 4.78 is 28.1. The van der Waals surface area contributed by atoms with E-state index in [1.807, 2.05) is 13.0 Å². The molecule has 1 aliphatic rings. The summed E-state index contributed by atoms with van der Waals surface area (Å²) in [5, 5.41) is 6.09. The maximum Gasteiger partial charge on any atom is 0.263 e. The van der Waals surface area contributed by atoms with Crippen LogP contribution in [-0.2, 0) is 14.8 Å². The number of benzene rings is 3. The van der Waals surface area contributed by atoms with Crippen LogP contribution < -0.4 is 9.73 Å². The Morgan fingerprint density at radius 2 is 1.54 bits per heavy atom. The Labute approximate surface area is 244 Å². The molecular formula is C29H22N4O5S3. The molecule has 0 aliphatic carbocycles. The number of nitrogens with zero attached hydrogens (tertiary/aromatic N) is 3. The third-order valence-electron chi connectivity index (χ3n) is 5.96. The van der Waals surface area contributed by atoms with Crippen LogP contribution in [0.1, 0.15) is 31.3 Å². The Bertz CT molecular complexity index is 1820. The second kappa shape index (κ2) is 11.6. The van der Waals surface area contributed by atoms with Gasteiger partial charge in [0.05, 0.1) is 21.8 Å². The van der Waals surface area contributed by atoms with Crippen molar-refractivity contribution < 1.29 is 22.8 Å². The number of carbonyl (C=O) groups is 3. The normalized spacial score (nSPS) is 14.4. The number of hydrogen-bond donors (Lipinski definition) is 1. The number of thiazole rings is 1. The largest absolute Gasteiger partial charge is 0.298 e. The number of thioether (sulfide) groups is 1. The monoisotopic (exact) mass is 602 g/mol. The Hall–Kier alpha value is -4.39. The molecule has 0 atom stereocenters. The van der Waals surface area contributed by atoms with Crippen molar-refractivity contribution >= 4 is 66.8 Å². The van der Waals surface area contributed by atoms with Gasteiger partial charge in [0.15, 0.2) is 16.5 Å². The van der Waals surface area contributed by atoms with Crippen LogP contribution in [0.2, 0.25) is 0 Å². The van der Waals surface area contributed by atoms with Crippen LogP contribution in [0.4, 0.5) is 10.8 Å². The number of anilines is 2. The Morgan fingerprint density at radius 1 is 0.902 bits per heavy atom. The number of Topliss-reactive ketones (excluding diaryl/α,β-unsaturated/α-hetero) is 2. The molecule has 1 aromatic heterocycles. The van der Waals surface area contributed by atoms with Crippen LogP contribution >= 0.6 is 23.1 Å². The van der Waals surface area contributed by atoms with Crippen molar-refractivity contribution in [3.05, 3.63) is 117 Å². The van der Waals surface area contributed by atoms with E-state index in [1.165, 1.54) is 17.1 Å². The van der Waals surface area contributed by atoms with Gasteiger partial charge < -0.3 is 0 Å². The number of hydrogen-bond acceptors (Lipinski definition) is 10. The van der Waals surface area contributed by atoms with Gasteiger partial charge in [-0.05, 0) is 49.9 Å². The number of aldehydes is 1. The summed E-state index contributed by atoms with van der Waals surface area (Å²) in [6.07, 6.45) is 0.418. The van der Waals surface area contributed by atoms with Gasteiger partial charge in [0, 0.05) is 5.56 Å². The lowest BCUT2D eigenvalue weighted by Crippen LogP contribution is -2.16. The lowest BCUT2D eigenvalue weighted by Gasteiger charge is -2.16. The van der Waals surface area contributed by atoms with E-state index < -0.39 is 15.8 Å². The molecule has 5 rings (SSSR count). The second-order valence-corrected chi connectivity index (χ2v) is 12.5. The van der Waals surface area contributed by atoms with Crippen LogP contribution in [0, 0.1) is 13.8 Å². The average molecular weight is 603 g/mol. The van der Waals surface area contributed by atoms with Crippen LogP contribution in [0.15, 0.2) is 106 Å². The van der Waals surface area contributed by atoms with Crippen molar-refractivity contribution in [3.8, 4) is 0 Å². The number of nitrogens with one attached hydrogen (secondary N) is 1. The van der Waals surface area contributed by atoms with Crippen molar-refractivity contribution in [2.45, 2.75) is 18.7 Å². The topological polar surface area (TPSA) is 126 Å². The van der Waals surface area contributed by atoms with Gasteiger partial charge in [0.2, 0.25) is 11.6 Å². The SMILES string of the molecule is Cc1ccc(S(=O)(=O)Nc2nc(C)c(C(=O)/C(C=O)=C3/SC(C(=O)c4ccccc4)=NN3c3ccccc3)s2)cc1. The van der Waals surface area contributed by atoms with Gasteiger partial charge in [-0.2, -0.15) is 5.10 Å². The summed E-state index contributed by atoms with van der Waals surface area (Å²) in [5.74, 6) is -1.02. The molecule has 0 saturated carbocycles. The molecule has 41 heavy (non-hydrogen) atoms. The van der Waals surface area contributed by atoms with Crippen LogP contribution in [-0.4, -0.2) is 36.3 Å². The highest BCUT2D eigenvalue weighted by molar-refractivity contribution is 8.19. The predicted molar refractivity (Wildman–Crippen MR) is 161 cm³/mol. The zero-order chi connectivity index (χ0) is 29.1. The number of ketones is 2. The highest BCUT2D eigenvalue weighted by Crippen LogP contribution is 2.39.